The average Bonchev–Trinajstić information content (AvgIpc) is 2.26. The summed E-state index contributed by atoms with van der Waals surface area (Å²) in [7, 11) is 0. The highest BCUT2D eigenvalue weighted by atomic mass is 35.5. The lowest BCUT2D eigenvalue weighted by atomic mass is 10.1. The quantitative estimate of drug-likeness (QED) is 0.834. The minimum atomic E-state index is -4.36. The molecule has 0 aromatic heterocycles. The first-order chi connectivity index (χ1) is 7.36. The van der Waals surface area contributed by atoms with Crippen LogP contribution in [0, 0.1) is 0 Å². The summed E-state index contributed by atoms with van der Waals surface area (Å²) in [5, 5.41) is 7.32. The zero-order valence-corrected chi connectivity index (χ0v) is 9.52. The van der Waals surface area contributed by atoms with Gasteiger partial charge in [-0.05, 0) is 17.7 Å². The highest BCUT2D eigenvalue weighted by molar-refractivity contribution is 6.30. The van der Waals surface area contributed by atoms with Crippen LogP contribution in [-0.2, 0) is 6.18 Å². The molecule has 2 atom stereocenters. The molecule has 0 bridgehead atoms. The summed E-state index contributed by atoms with van der Waals surface area (Å²) in [6.07, 6.45) is -4.36. The molecule has 6 heteroatoms. The van der Waals surface area contributed by atoms with Crippen molar-refractivity contribution in [3.8, 4) is 0 Å². The fourth-order valence-electron chi connectivity index (χ4n) is 1.16. The van der Waals surface area contributed by atoms with E-state index in [1.54, 1.807) is 0 Å². The van der Waals surface area contributed by atoms with Crippen molar-refractivity contribution in [2.24, 2.45) is 0 Å². The van der Waals surface area contributed by atoms with E-state index in [0.717, 1.165) is 12.1 Å². The molecule has 0 fully saturated rings. The lowest BCUT2D eigenvalue weighted by Gasteiger charge is -2.15. The van der Waals surface area contributed by atoms with Gasteiger partial charge in [0.05, 0.1) is 22.9 Å². The molecular formula is C10H9Cl2F3O. The van der Waals surface area contributed by atoms with Crippen LogP contribution in [0.4, 0.5) is 13.2 Å². The Morgan fingerprint density at radius 1 is 1.12 bits per heavy atom. The summed E-state index contributed by atoms with van der Waals surface area (Å²) < 4.78 is 36.7. The molecule has 0 spiro atoms. The third kappa shape index (κ3) is 3.27. The number of hydrogen-bond donors (Lipinski definition) is 1. The van der Waals surface area contributed by atoms with E-state index in [-0.39, 0.29) is 6.61 Å². The third-order valence-electron chi connectivity index (χ3n) is 2.05. The van der Waals surface area contributed by atoms with Gasteiger partial charge >= 0.3 is 6.18 Å². The maximum Gasteiger partial charge on any atom is 0.416 e. The molecular weight excluding hydrogens is 264 g/mol. The number of alkyl halides is 5. The molecule has 0 amide bonds. The molecule has 1 nitrogen and oxygen atoms in total. The largest absolute Gasteiger partial charge is 0.416 e. The smallest absolute Gasteiger partial charge is 0.395 e. The van der Waals surface area contributed by atoms with Gasteiger partial charge < -0.3 is 5.11 Å². The molecule has 16 heavy (non-hydrogen) atoms. The first-order valence-electron chi connectivity index (χ1n) is 4.42. The maximum atomic E-state index is 12.2. The minimum absolute atomic E-state index is 0.337. The van der Waals surface area contributed by atoms with E-state index in [4.69, 9.17) is 28.3 Å². The van der Waals surface area contributed by atoms with E-state index in [2.05, 4.69) is 0 Å². The molecule has 0 aliphatic heterocycles. The highest BCUT2D eigenvalue weighted by Gasteiger charge is 2.30. The van der Waals surface area contributed by atoms with Crippen molar-refractivity contribution in [2.45, 2.75) is 16.9 Å². The highest BCUT2D eigenvalue weighted by Crippen LogP contribution is 2.32. The molecule has 0 radical (unpaired) electrons. The van der Waals surface area contributed by atoms with Gasteiger partial charge in [-0.3, -0.25) is 0 Å². The molecule has 0 aliphatic rings. The number of aliphatic hydroxyl groups is 1. The average molecular weight is 273 g/mol. The van der Waals surface area contributed by atoms with E-state index in [1.165, 1.54) is 12.1 Å². The second-order valence-corrected chi connectivity index (χ2v) is 4.25. The predicted octanol–water partition coefficient (Wildman–Crippen LogP) is 3.59. The maximum absolute atomic E-state index is 12.2. The van der Waals surface area contributed by atoms with Gasteiger partial charge in [-0.15, -0.1) is 23.2 Å². The summed E-state index contributed by atoms with van der Waals surface area (Å²) in [6.45, 7) is -0.337. The van der Waals surface area contributed by atoms with Crippen molar-refractivity contribution in [2.75, 3.05) is 6.61 Å². The fourth-order valence-corrected chi connectivity index (χ4v) is 1.53. The molecule has 1 N–H and O–H groups in total. The fraction of sp³-hybridized carbons (Fsp3) is 0.400. The van der Waals surface area contributed by atoms with Gasteiger partial charge in [0.15, 0.2) is 0 Å². The van der Waals surface area contributed by atoms with Crippen LogP contribution < -0.4 is 0 Å². The topological polar surface area (TPSA) is 20.2 Å². The number of benzene rings is 1. The van der Waals surface area contributed by atoms with Crippen LogP contribution >= 0.6 is 23.2 Å². The molecule has 0 saturated carbocycles. The Hall–Kier alpha value is -0.450. The van der Waals surface area contributed by atoms with Crippen LogP contribution in [0.1, 0.15) is 16.5 Å². The van der Waals surface area contributed by atoms with Gasteiger partial charge in [-0.1, -0.05) is 12.1 Å². The number of halogens is 5. The zero-order chi connectivity index (χ0) is 12.3. The SMILES string of the molecule is OC[C@H](Cl)[C@H](Cl)c1ccc(C(F)(F)F)cc1. The van der Waals surface area contributed by atoms with Gasteiger partial charge in [-0.2, -0.15) is 13.2 Å². The lowest BCUT2D eigenvalue weighted by Crippen LogP contribution is -2.12. The second kappa shape index (κ2) is 5.25. The molecule has 1 aromatic rings. The Bertz CT molecular complexity index is 337. The van der Waals surface area contributed by atoms with E-state index >= 15 is 0 Å². The van der Waals surface area contributed by atoms with Crippen LogP contribution in [0.2, 0.25) is 0 Å². The Morgan fingerprint density at radius 3 is 2.00 bits per heavy atom. The predicted molar refractivity (Wildman–Crippen MR) is 56.8 cm³/mol. The number of aliphatic hydroxyl groups excluding tert-OH is 1. The monoisotopic (exact) mass is 272 g/mol. The van der Waals surface area contributed by atoms with Crippen LogP contribution in [-0.4, -0.2) is 17.1 Å². The van der Waals surface area contributed by atoms with E-state index in [1.807, 2.05) is 0 Å². The van der Waals surface area contributed by atoms with Gasteiger partial charge in [0.2, 0.25) is 0 Å². The minimum Gasteiger partial charge on any atom is -0.395 e. The van der Waals surface area contributed by atoms with Crippen molar-refractivity contribution in [1.29, 1.82) is 0 Å². The first kappa shape index (κ1) is 13.6. The van der Waals surface area contributed by atoms with Gasteiger partial charge in [0.25, 0.3) is 0 Å². The van der Waals surface area contributed by atoms with E-state index in [9.17, 15) is 13.2 Å². The Morgan fingerprint density at radius 2 is 1.62 bits per heavy atom. The normalized spacial score (nSPS) is 15.9. The summed E-state index contributed by atoms with van der Waals surface area (Å²) >= 11 is 11.5. The van der Waals surface area contributed by atoms with Crippen molar-refractivity contribution in [3.63, 3.8) is 0 Å². The third-order valence-corrected chi connectivity index (χ3v) is 3.12. The molecule has 1 rings (SSSR count). The Kier molecular flexibility index (Phi) is 4.47. The molecule has 90 valence electrons. The Labute approximate surface area is 101 Å². The summed E-state index contributed by atoms with van der Waals surface area (Å²) in [6, 6.07) is 4.38. The van der Waals surface area contributed by atoms with Crippen LogP contribution in [0.25, 0.3) is 0 Å². The van der Waals surface area contributed by atoms with Crippen molar-refractivity contribution in [3.05, 3.63) is 35.4 Å². The molecule has 0 unspecified atom stereocenters. The first-order valence-corrected chi connectivity index (χ1v) is 5.29. The number of hydrogen-bond acceptors (Lipinski definition) is 1. The summed E-state index contributed by atoms with van der Waals surface area (Å²) in [5.41, 5.74) is -0.293. The molecule has 1 aromatic carbocycles. The van der Waals surface area contributed by atoms with Gasteiger partial charge in [0.1, 0.15) is 0 Å². The summed E-state index contributed by atoms with van der Waals surface area (Å²) in [5.74, 6) is 0. The Balaban J connectivity index is 2.87. The van der Waals surface area contributed by atoms with Gasteiger partial charge in [0, 0.05) is 0 Å². The lowest BCUT2D eigenvalue weighted by molar-refractivity contribution is -0.137. The van der Waals surface area contributed by atoms with Crippen molar-refractivity contribution in [1.82, 2.24) is 0 Å². The van der Waals surface area contributed by atoms with Crippen molar-refractivity contribution >= 4 is 23.2 Å². The zero-order valence-electron chi connectivity index (χ0n) is 8.01. The van der Waals surface area contributed by atoms with E-state index in [0.29, 0.717) is 5.56 Å². The number of rotatable bonds is 3. The van der Waals surface area contributed by atoms with Crippen LogP contribution in [0.15, 0.2) is 24.3 Å². The molecule has 0 aliphatic carbocycles. The van der Waals surface area contributed by atoms with Crippen LogP contribution in [0.5, 0.6) is 0 Å². The summed E-state index contributed by atoms with van der Waals surface area (Å²) in [4.78, 5) is 0. The second-order valence-electron chi connectivity index (χ2n) is 3.22. The molecule has 0 saturated heterocycles. The molecule has 0 heterocycles. The standard InChI is InChI=1S/C10H9Cl2F3O/c11-8(5-16)9(12)6-1-3-7(4-2-6)10(13,14)15/h1-4,8-9,16H,5H2/t8-,9+/m0/s1. The van der Waals surface area contributed by atoms with Crippen LogP contribution in [0.3, 0.4) is 0 Å². The van der Waals surface area contributed by atoms with Crippen molar-refractivity contribution < 1.29 is 18.3 Å². The van der Waals surface area contributed by atoms with Gasteiger partial charge in [-0.25, -0.2) is 0 Å². The van der Waals surface area contributed by atoms with E-state index < -0.39 is 22.5 Å².